The molecule has 0 fully saturated rings. The number of nitrogens with zero attached hydrogens (tertiary/aromatic N) is 7. The van der Waals surface area contributed by atoms with Crippen LogP contribution in [0.1, 0.15) is 132 Å². The van der Waals surface area contributed by atoms with Crippen LogP contribution in [-0.2, 0) is 72.4 Å². The number of amides is 1. The Balaban J connectivity index is 0.000000215. The summed E-state index contributed by atoms with van der Waals surface area (Å²) in [5, 5.41) is 39.2. The number of carboxylic acids is 2. The van der Waals surface area contributed by atoms with E-state index in [4.69, 9.17) is 19.3 Å². The Morgan fingerprint density at radius 1 is 0.600 bits per heavy atom. The van der Waals surface area contributed by atoms with Gasteiger partial charge in [-0.25, -0.2) is 14.2 Å². The van der Waals surface area contributed by atoms with Gasteiger partial charge >= 0.3 is 17.9 Å². The van der Waals surface area contributed by atoms with Crippen molar-refractivity contribution in [2.24, 2.45) is 0 Å². The number of carboxylic acid groups (broad SMARTS) is 2. The zero-order chi connectivity index (χ0) is 55.5. The van der Waals surface area contributed by atoms with Gasteiger partial charge in [0.05, 0.1) is 31.0 Å². The van der Waals surface area contributed by atoms with Crippen LogP contribution < -0.4 is 5.32 Å². The molecule has 0 bridgehead atoms. The van der Waals surface area contributed by atoms with E-state index >= 15 is 0 Å². The molecule has 2 unspecified atom stereocenters. The number of aliphatic carboxylic acids is 2. The van der Waals surface area contributed by atoms with Gasteiger partial charge in [0.15, 0.2) is 12.2 Å². The smallest absolute Gasteiger partial charge is 0.337 e. The normalized spacial score (nSPS) is 14.0. The number of hydrogen-bond donors (Lipinski definition) is 3. The maximum Gasteiger partial charge on any atom is 0.337 e. The lowest BCUT2D eigenvalue weighted by Crippen LogP contribution is -2.39. The van der Waals surface area contributed by atoms with Crippen molar-refractivity contribution in [3.8, 4) is 0 Å². The Hall–Kier alpha value is -8.12. The molecule has 2 aliphatic heterocycles. The number of hydrogen-bond acceptors (Lipinski definition) is 12. The average Bonchev–Trinajstić information content (AvgIpc) is 4.12. The molecule has 0 aliphatic carbocycles. The number of nitrogens with one attached hydrogen (secondary N) is 1. The van der Waals surface area contributed by atoms with E-state index in [1.54, 1.807) is 31.4 Å². The summed E-state index contributed by atoms with van der Waals surface area (Å²) in [4.78, 5) is 50.0. The van der Waals surface area contributed by atoms with Gasteiger partial charge in [0.2, 0.25) is 0 Å². The Kier molecular flexibility index (Phi) is 21.5. The fraction of sp³-hybridized carbons (Fsp3) is 0.365. The average molecular weight is 1090 g/mol. The maximum absolute atomic E-state index is 13.4. The van der Waals surface area contributed by atoms with Crippen LogP contribution >= 0.6 is 0 Å². The Bertz CT molecular complexity index is 3400. The fourth-order valence-electron chi connectivity index (χ4n) is 10.7. The van der Waals surface area contributed by atoms with Crippen LogP contribution in [0, 0.1) is 13.8 Å². The number of esters is 1. The number of ether oxygens (including phenoxy) is 3. The van der Waals surface area contributed by atoms with E-state index in [1.807, 2.05) is 82.7 Å². The van der Waals surface area contributed by atoms with Crippen molar-refractivity contribution in [2.45, 2.75) is 118 Å². The summed E-state index contributed by atoms with van der Waals surface area (Å²) in [5.41, 5.74) is 16.1. The molecule has 0 radical (unpaired) electrons. The highest BCUT2D eigenvalue weighted by Gasteiger charge is 2.31. The number of benzene rings is 6. The van der Waals surface area contributed by atoms with Crippen LogP contribution in [0.5, 0.6) is 0 Å². The minimum Gasteiger partial charge on any atom is -0.481 e. The second kappa shape index (κ2) is 28.2. The van der Waals surface area contributed by atoms with E-state index in [0.29, 0.717) is 31.6 Å². The van der Waals surface area contributed by atoms with Crippen molar-refractivity contribution in [1.82, 2.24) is 40.2 Å². The standard InChI is InChI=1S/C30H32N4O4.C22H26N4O2.C9H10O3.2CH4/c1-4-34-26-13-12-24(19(2)28(26)31-32-34)25(17-27(35)36)22-11-10-20-14-15-33(18-23(20)16-22)30(37)29(38-3)21-8-6-5-7-9-21;1-4-26-20-8-7-18(14(2)22(20)24-25-26)19(12-21(27)28-3)16-6-5-15-9-10-23-13-17(15)11-16;1-12-8(9(10)11)7-5-3-2-4-6-7;;/h5-13,16,25,29H,4,14-15,17-18H2,1-3H3,(H,35,36);5-8,11,19,23H,4,9-10,12-13H2,1-3H3;2-6,8H,1H3,(H,10,11);2*1H4/t25?,29-;;8-;;/m0.0../s1. The molecule has 3 N–H and O–H groups in total. The van der Waals surface area contributed by atoms with E-state index in [1.165, 1.54) is 30.9 Å². The van der Waals surface area contributed by atoms with Gasteiger partial charge in [0.1, 0.15) is 11.0 Å². The Morgan fingerprint density at radius 2 is 1.10 bits per heavy atom. The second-order valence-corrected chi connectivity index (χ2v) is 19.5. The van der Waals surface area contributed by atoms with Gasteiger partial charge in [0.25, 0.3) is 5.91 Å². The van der Waals surface area contributed by atoms with E-state index in [2.05, 4.69) is 82.3 Å². The summed E-state index contributed by atoms with van der Waals surface area (Å²) in [7, 11) is 4.38. The van der Waals surface area contributed by atoms with Crippen molar-refractivity contribution < 1.29 is 43.6 Å². The quantitative estimate of drug-likeness (QED) is 0.0769. The molecule has 422 valence electrons. The first-order valence-electron chi connectivity index (χ1n) is 26.3. The molecule has 0 saturated heterocycles. The maximum atomic E-state index is 13.4. The zero-order valence-electron chi connectivity index (χ0n) is 45.3. The SMILES string of the molecule is C.C.CCn1nnc2c(C)c(C(CC(=O)O)c3ccc4c(c3)CN(C(=O)[C@@H](OC)c3ccccc3)CC4)ccc21.CCn1nnc2c(C)c(C(CC(=O)OC)c3ccc4c(c3)CNCC4)ccc21.CO[C@H](C(=O)O)c1ccccc1. The molecule has 4 heterocycles. The fourth-order valence-corrected chi connectivity index (χ4v) is 10.7. The van der Waals surface area contributed by atoms with E-state index in [-0.39, 0.29) is 45.0 Å². The molecule has 6 aromatic carbocycles. The zero-order valence-corrected chi connectivity index (χ0v) is 45.3. The number of rotatable bonds is 16. The van der Waals surface area contributed by atoms with Crippen LogP contribution in [0.4, 0.5) is 0 Å². The van der Waals surface area contributed by atoms with Gasteiger partial charge in [-0.15, -0.1) is 10.2 Å². The number of carbonyl (C=O) groups excluding carboxylic acids is 2. The van der Waals surface area contributed by atoms with Gasteiger partial charge in [-0.2, -0.15) is 0 Å². The minimum absolute atomic E-state index is 0. The molecule has 2 aromatic heterocycles. The van der Waals surface area contributed by atoms with Gasteiger partial charge in [-0.05, 0) is 126 Å². The van der Waals surface area contributed by atoms with Crippen LogP contribution in [-0.4, -0.2) is 103 Å². The molecule has 1 amide bonds. The highest BCUT2D eigenvalue weighted by Crippen LogP contribution is 2.37. The molecule has 0 spiro atoms. The van der Waals surface area contributed by atoms with Crippen molar-refractivity contribution >= 4 is 45.9 Å². The number of fused-ring (bicyclic) bond motifs is 4. The van der Waals surface area contributed by atoms with Crippen LogP contribution in [0.2, 0.25) is 0 Å². The van der Waals surface area contributed by atoms with Gasteiger partial charge in [-0.3, -0.25) is 14.4 Å². The largest absolute Gasteiger partial charge is 0.481 e. The third-order valence-corrected chi connectivity index (χ3v) is 14.9. The van der Waals surface area contributed by atoms with Crippen LogP contribution in [0.15, 0.2) is 121 Å². The lowest BCUT2D eigenvalue weighted by atomic mass is 9.83. The van der Waals surface area contributed by atoms with Gasteiger partial charge < -0.3 is 34.6 Å². The molecule has 10 rings (SSSR count). The van der Waals surface area contributed by atoms with Gasteiger partial charge in [-0.1, -0.05) is 134 Å². The molecule has 4 atom stereocenters. The summed E-state index contributed by atoms with van der Waals surface area (Å²) in [6.45, 7) is 12.6. The number of methoxy groups -OCH3 is 3. The van der Waals surface area contributed by atoms with Crippen molar-refractivity contribution in [2.75, 3.05) is 34.4 Å². The van der Waals surface area contributed by atoms with Crippen LogP contribution in [0.3, 0.4) is 0 Å². The first-order valence-corrected chi connectivity index (χ1v) is 26.3. The Morgan fingerprint density at radius 3 is 1.59 bits per heavy atom. The molecule has 17 heteroatoms. The molecule has 2 aliphatic rings. The van der Waals surface area contributed by atoms with Crippen LogP contribution in [0.25, 0.3) is 22.1 Å². The predicted molar refractivity (Wildman–Crippen MR) is 309 cm³/mol. The highest BCUT2D eigenvalue weighted by atomic mass is 16.5. The third kappa shape index (κ3) is 13.6. The Labute approximate surface area is 468 Å². The van der Waals surface area contributed by atoms with Crippen molar-refractivity contribution in [3.63, 3.8) is 0 Å². The molecule has 80 heavy (non-hydrogen) atoms. The molecule has 0 saturated carbocycles. The number of carbonyl (C=O) groups is 4. The summed E-state index contributed by atoms with van der Waals surface area (Å²) >= 11 is 0. The highest BCUT2D eigenvalue weighted by molar-refractivity contribution is 5.83. The third-order valence-electron chi connectivity index (χ3n) is 14.9. The predicted octanol–water partition coefficient (Wildman–Crippen LogP) is 10.5. The summed E-state index contributed by atoms with van der Waals surface area (Å²) < 4.78 is 19.1. The number of aryl methyl sites for hydroxylation is 4. The first kappa shape index (κ1) is 61.1. The lowest BCUT2D eigenvalue weighted by Gasteiger charge is -2.32. The molecular weight excluding hydrogens is 1010 g/mol. The summed E-state index contributed by atoms with van der Waals surface area (Å²) in [6.07, 6.45) is 0.522. The van der Waals surface area contributed by atoms with Crippen molar-refractivity contribution in [3.05, 3.63) is 188 Å². The van der Waals surface area contributed by atoms with Crippen molar-refractivity contribution in [1.29, 1.82) is 0 Å². The van der Waals surface area contributed by atoms with E-state index < -0.39 is 24.1 Å². The topological polar surface area (TPSA) is 213 Å². The minimum atomic E-state index is -0.969. The monoisotopic (exact) mass is 1090 g/mol. The lowest BCUT2D eigenvalue weighted by molar-refractivity contribution is -0.149. The second-order valence-electron chi connectivity index (χ2n) is 19.5. The molecule has 17 nitrogen and oxygen atoms in total. The summed E-state index contributed by atoms with van der Waals surface area (Å²) in [5.74, 6) is -2.54. The van der Waals surface area contributed by atoms with E-state index in [0.717, 1.165) is 99.1 Å². The number of aromatic nitrogens is 6. The summed E-state index contributed by atoms with van der Waals surface area (Å²) in [6, 6.07) is 39.3. The van der Waals surface area contributed by atoms with E-state index in [9.17, 15) is 24.3 Å². The first-order chi connectivity index (χ1) is 37.8. The molecule has 8 aromatic rings. The van der Waals surface area contributed by atoms with Gasteiger partial charge in [0, 0.05) is 58.8 Å². The molecular formula is C63H76N8O9.